The van der Waals surface area contributed by atoms with E-state index in [1.165, 1.54) is 6.07 Å². The molecule has 0 aliphatic rings. The molecule has 122 valence electrons. The highest BCUT2D eigenvalue weighted by Crippen LogP contribution is 2.24. The van der Waals surface area contributed by atoms with Crippen LogP contribution in [0.2, 0.25) is 0 Å². The van der Waals surface area contributed by atoms with E-state index < -0.39 is 11.5 Å². The third-order valence-corrected chi connectivity index (χ3v) is 4.05. The summed E-state index contributed by atoms with van der Waals surface area (Å²) in [4.78, 5) is 22.9. The number of carbonyl (C=O) groups excluding carboxylic acids is 1. The van der Waals surface area contributed by atoms with Crippen LogP contribution >= 0.6 is 0 Å². The summed E-state index contributed by atoms with van der Waals surface area (Å²) in [5.74, 6) is 0.101. The van der Waals surface area contributed by atoms with Crippen LogP contribution in [0, 0.1) is 13.8 Å². The van der Waals surface area contributed by atoms with Crippen molar-refractivity contribution in [3.05, 3.63) is 75.1 Å². The number of ether oxygens (including phenoxy) is 1. The number of carbonyl (C=O) groups is 1. The van der Waals surface area contributed by atoms with Crippen molar-refractivity contribution in [1.82, 2.24) is 0 Å². The fraction of sp³-hybridized carbons (Fsp3) is 0.158. The van der Waals surface area contributed by atoms with E-state index in [4.69, 9.17) is 14.9 Å². The maximum atomic E-state index is 11.8. The van der Waals surface area contributed by atoms with Gasteiger partial charge >= 0.3 is 5.63 Å². The Kier molecular flexibility index (Phi) is 4.08. The van der Waals surface area contributed by atoms with Crippen molar-refractivity contribution in [2.75, 3.05) is 0 Å². The standard InChI is InChI=1S/C19H17NO4/c1-11-3-8-16-14(9-17(21)24-18(16)12(11)2)10-23-15-6-4-13(5-7-15)19(20)22/h3-9H,10H2,1-2H3,(H2,20,22). The van der Waals surface area contributed by atoms with Gasteiger partial charge in [-0.25, -0.2) is 4.79 Å². The van der Waals surface area contributed by atoms with Gasteiger partial charge < -0.3 is 14.9 Å². The van der Waals surface area contributed by atoms with Gasteiger partial charge in [0.25, 0.3) is 0 Å². The molecule has 0 saturated carbocycles. The molecule has 5 nitrogen and oxygen atoms in total. The lowest BCUT2D eigenvalue weighted by molar-refractivity contribution is 0.1000. The van der Waals surface area contributed by atoms with E-state index in [0.29, 0.717) is 16.9 Å². The number of nitrogens with two attached hydrogens (primary N) is 1. The third-order valence-electron chi connectivity index (χ3n) is 4.05. The Balaban J connectivity index is 1.91. The summed E-state index contributed by atoms with van der Waals surface area (Å²) in [6.07, 6.45) is 0. The number of hydrogen-bond donors (Lipinski definition) is 1. The Morgan fingerprint density at radius 2 is 1.83 bits per heavy atom. The van der Waals surface area contributed by atoms with E-state index in [9.17, 15) is 9.59 Å². The highest BCUT2D eigenvalue weighted by Gasteiger charge is 2.10. The fourth-order valence-corrected chi connectivity index (χ4v) is 2.52. The van der Waals surface area contributed by atoms with E-state index in [1.807, 2.05) is 26.0 Å². The molecule has 5 heteroatoms. The molecule has 0 bridgehead atoms. The smallest absolute Gasteiger partial charge is 0.336 e. The topological polar surface area (TPSA) is 82.5 Å². The van der Waals surface area contributed by atoms with Crippen LogP contribution in [0.3, 0.4) is 0 Å². The SMILES string of the molecule is Cc1ccc2c(COc3ccc(C(N)=O)cc3)cc(=O)oc2c1C. The Morgan fingerprint density at radius 3 is 2.50 bits per heavy atom. The Hall–Kier alpha value is -3.08. The summed E-state index contributed by atoms with van der Waals surface area (Å²) in [5.41, 5.74) is 8.57. The van der Waals surface area contributed by atoms with Crippen molar-refractivity contribution in [2.24, 2.45) is 5.73 Å². The molecular weight excluding hydrogens is 306 g/mol. The predicted molar refractivity (Wildman–Crippen MR) is 91.2 cm³/mol. The molecule has 0 aliphatic heterocycles. The monoisotopic (exact) mass is 323 g/mol. The second-order valence-corrected chi connectivity index (χ2v) is 5.65. The minimum atomic E-state index is -0.487. The largest absolute Gasteiger partial charge is 0.489 e. The molecule has 2 aromatic carbocycles. The quantitative estimate of drug-likeness (QED) is 0.748. The maximum absolute atomic E-state index is 11.8. The summed E-state index contributed by atoms with van der Waals surface area (Å²) in [5, 5.41) is 0.853. The van der Waals surface area contributed by atoms with E-state index in [0.717, 1.165) is 22.1 Å². The van der Waals surface area contributed by atoms with Crippen LogP contribution in [0.5, 0.6) is 5.75 Å². The van der Waals surface area contributed by atoms with Crippen molar-refractivity contribution in [1.29, 1.82) is 0 Å². The molecule has 1 amide bonds. The van der Waals surface area contributed by atoms with Gasteiger partial charge in [-0.2, -0.15) is 0 Å². The van der Waals surface area contributed by atoms with Gasteiger partial charge in [-0.1, -0.05) is 12.1 Å². The molecule has 3 aromatic rings. The second kappa shape index (κ2) is 6.20. The van der Waals surface area contributed by atoms with Crippen LogP contribution in [0.15, 0.2) is 51.7 Å². The van der Waals surface area contributed by atoms with E-state index >= 15 is 0 Å². The molecule has 0 aliphatic carbocycles. The van der Waals surface area contributed by atoms with E-state index in [2.05, 4.69) is 0 Å². The van der Waals surface area contributed by atoms with Gasteiger partial charge in [-0.3, -0.25) is 4.79 Å². The number of fused-ring (bicyclic) bond motifs is 1. The number of benzene rings is 2. The summed E-state index contributed by atoms with van der Waals surface area (Å²) in [7, 11) is 0. The van der Waals surface area contributed by atoms with Crippen molar-refractivity contribution in [2.45, 2.75) is 20.5 Å². The van der Waals surface area contributed by atoms with Gasteiger partial charge in [-0.15, -0.1) is 0 Å². The lowest BCUT2D eigenvalue weighted by Gasteiger charge is -2.10. The summed E-state index contributed by atoms with van der Waals surface area (Å²) < 4.78 is 11.1. The van der Waals surface area contributed by atoms with Gasteiger partial charge in [0.05, 0.1) is 0 Å². The Morgan fingerprint density at radius 1 is 1.12 bits per heavy atom. The van der Waals surface area contributed by atoms with Crippen molar-refractivity contribution < 1.29 is 13.9 Å². The van der Waals surface area contributed by atoms with Crippen LogP contribution in [0.1, 0.15) is 27.0 Å². The molecule has 0 radical (unpaired) electrons. The van der Waals surface area contributed by atoms with Crippen LogP contribution in [0.4, 0.5) is 0 Å². The first-order valence-corrected chi connectivity index (χ1v) is 7.51. The van der Waals surface area contributed by atoms with Crippen LogP contribution in [0.25, 0.3) is 11.0 Å². The van der Waals surface area contributed by atoms with Gasteiger partial charge in [0.1, 0.15) is 17.9 Å². The Bertz CT molecular complexity index is 971. The lowest BCUT2D eigenvalue weighted by Crippen LogP contribution is -2.10. The summed E-state index contributed by atoms with van der Waals surface area (Å²) in [6.45, 7) is 4.12. The molecule has 0 unspecified atom stereocenters. The van der Waals surface area contributed by atoms with E-state index in [-0.39, 0.29) is 6.61 Å². The molecule has 24 heavy (non-hydrogen) atoms. The minimum Gasteiger partial charge on any atom is -0.489 e. The van der Waals surface area contributed by atoms with Crippen molar-refractivity contribution in [3.63, 3.8) is 0 Å². The first-order valence-electron chi connectivity index (χ1n) is 7.51. The van der Waals surface area contributed by atoms with Gasteiger partial charge in [0.2, 0.25) is 5.91 Å². The molecule has 1 heterocycles. The molecule has 2 N–H and O–H groups in total. The zero-order valence-electron chi connectivity index (χ0n) is 13.5. The van der Waals surface area contributed by atoms with Crippen LogP contribution < -0.4 is 16.1 Å². The second-order valence-electron chi connectivity index (χ2n) is 5.65. The molecular formula is C19H17NO4. The first-order chi connectivity index (χ1) is 11.5. The first kappa shape index (κ1) is 15.8. The predicted octanol–water partition coefficient (Wildman–Crippen LogP) is 3.09. The highest BCUT2D eigenvalue weighted by molar-refractivity contribution is 5.92. The van der Waals surface area contributed by atoms with Crippen molar-refractivity contribution in [3.8, 4) is 5.75 Å². The molecule has 3 rings (SSSR count). The van der Waals surface area contributed by atoms with Crippen LogP contribution in [-0.2, 0) is 6.61 Å². The third kappa shape index (κ3) is 3.01. The number of rotatable bonds is 4. The number of amides is 1. The van der Waals surface area contributed by atoms with Crippen LogP contribution in [-0.4, -0.2) is 5.91 Å². The Labute approximate surface area is 138 Å². The van der Waals surface area contributed by atoms with Gasteiger partial charge in [0.15, 0.2) is 0 Å². The van der Waals surface area contributed by atoms with Gasteiger partial charge in [-0.05, 0) is 49.2 Å². The molecule has 0 saturated heterocycles. The highest BCUT2D eigenvalue weighted by atomic mass is 16.5. The summed E-state index contributed by atoms with van der Waals surface area (Å²) >= 11 is 0. The molecule has 0 fully saturated rings. The number of hydrogen-bond acceptors (Lipinski definition) is 4. The zero-order chi connectivity index (χ0) is 17.3. The van der Waals surface area contributed by atoms with Gasteiger partial charge in [0, 0.05) is 22.6 Å². The molecule has 1 aromatic heterocycles. The molecule has 0 spiro atoms. The molecule has 0 atom stereocenters. The van der Waals surface area contributed by atoms with E-state index in [1.54, 1.807) is 24.3 Å². The minimum absolute atomic E-state index is 0.223. The average Bonchev–Trinajstić information content (AvgIpc) is 2.56. The van der Waals surface area contributed by atoms with Crippen molar-refractivity contribution >= 4 is 16.9 Å². The summed E-state index contributed by atoms with van der Waals surface area (Å²) in [6, 6.07) is 11.9. The lowest BCUT2D eigenvalue weighted by atomic mass is 10.0. The fourth-order valence-electron chi connectivity index (χ4n) is 2.52. The zero-order valence-corrected chi connectivity index (χ0v) is 13.5. The number of aryl methyl sites for hydroxylation is 2. The normalized spacial score (nSPS) is 10.8. The number of primary amides is 1. The maximum Gasteiger partial charge on any atom is 0.336 e. The average molecular weight is 323 g/mol.